The van der Waals surface area contributed by atoms with Crippen molar-refractivity contribution in [1.82, 2.24) is 5.32 Å². The number of halogens is 2. The van der Waals surface area contributed by atoms with Crippen LogP contribution in [-0.2, 0) is 4.74 Å². The topological polar surface area (TPSA) is 47.3 Å². The molecule has 6 heteroatoms. The van der Waals surface area contributed by atoms with Crippen LogP contribution in [0.15, 0.2) is 0 Å². The van der Waals surface area contributed by atoms with Crippen molar-refractivity contribution < 1.29 is 4.74 Å². The van der Waals surface area contributed by atoms with Crippen LogP contribution in [0.5, 0.6) is 0 Å². The molecule has 82 valence electrons. The highest BCUT2D eigenvalue weighted by Crippen LogP contribution is 1.95. The van der Waals surface area contributed by atoms with Crippen molar-refractivity contribution in [2.45, 2.75) is 19.4 Å². The van der Waals surface area contributed by atoms with Crippen LogP contribution in [0.2, 0.25) is 0 Å². The van der Waals surface area contributed by atoms with E-state index < -0.39 is 0 Å². The number of likely N-dealkylation sites (N-methyl/N-ethyl adjacent to an activating group) is 1. The second-order valence-electron chi connectivity index (χ2n) is 2.21. The van der Waals surface area contributed by atoms with Gasteiger partial charge in [0.2, 0.25) is 0 Å². The fourth-order valence-corrected chi connectivity index (χ4v) is 1.12. The third kappa shape index (κ3) is 8.71. The molecule has 0 bridgehead atoms. The second kappa shape index (κ2) is 12.4. The highest BCUT2D eigenvalue weighted by Gasteiger charge is 2.09. The standard InChI is InChI=1S/C7H16N2OS.2ClH/c1-3-6(9-2)7(11)10-5-4-8;;/h6,9H,3-5,8H2,1-2H3;2*1H. The number of hydrogen-bond donors (Lipinski definition) is 2. The Kier molecular flexibility index (Phi) is 18.1. The highest BCUT2D eigenvalue weighted by molar-refractivity contribution is 7.80. The number of hydrogen-bond acceptors (Lipinski definition) is 4. The van der Waals surface area contributed by atoms with Crippen LogP contribution in [0, 0.1) is 0 Å². The van der Waals surface area contributed by atoms with Gasteiger partial charge in [0.1, 0.15) is 6.61 Å². The summed E-state index contributed by atoms with van der Waals surface area (Å²) in [6.07, 6.45) is 0.944. The van der Waals surface area contributed by atoms with Gasteiger partial charge in [-0.15, -0.1) is 24.8 Å². The summed E-state index contributed by atoms with van der Waals surface area (Å²) in [5.41, 5.74) is 5.25. The fourth-order valence-electron chi connectivity index (χ4n) is 0.749. The minimum Gasteiger partial charge on any atom is -0.484 e. The number of nitrogens with two attached hydrogens (primary N) is 1. The summed E-state index contributed by atoms with van der Waals surface area (Å²) in [6.45, 7) is 3.08. The van der Waals surface area contributed by atoms with E-state index in [0.717, 1.165) is 6.42 Å². The van der Waals surface area contributed by atoms with Crippen LogP contribution in [0.1, 0.15) is 13.3 Å². The predicted molar refractivity (Wildman–Crippen MR) is 65.2 cm³/mol. The first-order chi connectivity index (χ1) is 5.26. The van der Waals surface area contributed by atoms with Crippen molar-refractivity contribution in [3.8, 4) is 0 Å². The maximum Gasteiger partial charge on any atom is 0.176 e. The van der Waals surface area contributed by atoms with E-state index in [9.17, 15) is 0 Å². The summed E-state index contributed by atoms with van der Waals surface area (Å²) in [4.78, 5) is 0. The van der Waals surface area contributed by atoms with E-state index in [-0.39, 0.29) is 30.9 Å². The quantitative estimate of drug-likeness (QED) is 0.717. The molecule has 0 fully saturated rings. The second-order valence-corrected chi connectivity index (χ2v) is 2.61. The molecule has 0 aromatic carbocycles. The van der Waals surface area contributed by atoms with E-state index >= 15 is 0 Å². The molecule has 0 spiro atoms. The van der Waals surface area contributed by atoms with Crippen LogP contribution < -0.4 is 11.1 Å². The lowest BCUT2D eigenvalue weighted by atomic mass is 10.2. The molecule has 0 aromatic rings. The Morgan fingerprint density at radius 3 is 2.38 bits per heavy atom. The lowest BCUT2D eigenvalue weighted by Crippen LogP contribution is -2.34. The first-order valence-corrected chi connectivity index (χ1v) is 4.21. The molecule has 0 heterocycles. The Morgan fingerprint density at radius 1 is 1.54 bits per heavy atom. The van der Waals surface area contributed by atoms with Crippen molar-refractivity contribution >= 4 is 42.1 Å². The zero-order valence-corrected chi connectivity index (χ0v) is 10.4. The molecule has 3 N–H and O–H groups in total. The molecule has 0 aromatic heterocycles. The minimum absolute atomic E-state index is 0. The number of thiocarbonyl (C=S) groups is 1. The minimum atomic E-state index is 0. The molecule has 13 heavy (non-hydrogen) atoms. The van der Waals surface area contributed by atoms with Crippen molar-refractivity contribution in [2.24, 2.45) is 5.73 Å². The van der Waals surface area contributed by atoms with Crippen LogP contribution >= 0.6 is 37.0 Å². The lowest BCUT2D eigenvalue weighted by Gasteiger charge is -2.15. The molecule has 0 rings (SSSR count). The maximum atomic E-state index is 5.25. The molecule has 0 saturated heterocycles. The molecule has 1 unspecified atom stereocenters. The zero-order chi connectivity index (χ0) is 8.69. The third-order valence-electron chi connectivity index (χ3n) is 1.40. The van der Waals surface area contributed by atoms with E-state index in [1.807, 2.05) is 7.05 Å². The summed E-state index contributed by atoms with van der Waals surface area (Å²) >= 11 is 5.00. The van der Waals surface area contributed by atoms with Crippen molar-refractivity contribution in [2.75, 3.05) is 20.2 Å². The Balaban J connectivity index is -0.000000500. The Hall–Kier alpha value is 0.390. The number of nitrogens with one attached hydrogen (secondary N) is 1. The molecule has 1 atom stereocenters. The summed E-state index contributed by atoms with van der Waals surface area (Å²) in [5.74, 6) is 0. The first-order valence-electron chi connectivity index (χ1n) is 3.80. The van der Waals surface area contributed by atoms with Crippen LogP contribution in [0.3, 0.4) is 0 Å². The average molecular weight is 249 g/mol. The van der Waals surface area contributed by atoms with E-state index in [2.05, 4.69) is 12.2 Å². The molecule has 0 radical (unpaired) electrons. The van der Waals surface area contributed by atoms with Gasteiger partial charge < -0.3 is 15.8 Å². The van der Waals surface area contributed by atoms with Gasteiger partial charge in [0, 0.05) is 6.54 Å². The Bertz CT molecular complexity index is 123. The van der Waals surface area contributed by atoms with E-state index in [1.54, 1.807) is 0 Å². The van der Waals surface area contributed by atoms with Crippen molar-refractivity contribution in [3.63, 3.8) is 0 Å². The summed E-state index contributed by atoms with van der Waals surface area (Å²) in [5, 5.41) is 3.66. The monoisotopic (exact) mass is 248 g/mol. The Morgan fingerprint density at radius 2 is 2.08 bits per heavy atom. The summed E-state index contributed by atoms with van der Waals surface area (Å²) in [6, 6.07) is 0.177. The highest BCUT2D eigenvalue weighted by atomic mass is 35.5. The van der Waals surface area contributed by atoms with E-state index in [1.165, 1.54) is 0 Å². The molecule has 3 nitrogen and oxygen atoms in total. The van der Waals surface area contributed by atoms with Crippen LogP contribution in [-0.4, -0.2) is 31.3 Å². The molecule has 0 aliphatic carbocycles. The van der Waals surface area contributed by atoms with E-state index in [4.69, 9.17) is 22.7 Å². The summed E-state index contributed by atoms with van der Waals surface area (Å²) < 4.78 is 5.18. The summed E-state index contributed by atoms with van der Waals surface area (Å²) in [7, 11) is 1.87. The van der Waals surface area contributed by atoms with Crippen LogP contribution in [0.4, 0.5) is 0 Å². The van der Waals surface area contributed by atoms with Gasteiger partial charge in [0.25, 0.3) is 0 Å². The molecule has 0 saturated carbocycles. The number of rotatable bonds is 5. The van der Waals surface area contributed by atoms with Crippen molar-refractivity contribution in [3.05, 3.63) is 0 Å². The van der Waals surface area contributed by atoms with Gasteiger partial charge in [0.15, 0.2) is 5.05 Å². The first kappa shape index (κ1) is 19.0. The molecular formula is C7H18Cl2N2OS. The molecule has 0 aliphatic heterocycles. The normalized spacial score (nSPS) is 10.7. The van der Waals surface area contributed by atoms with Gasteiger partial charge in [-0.05, 0) is 25.7 Å². The van der Waals surface area contributed by atoms with Gasteiger partial charge >= 0.3 is 0 Å². The SMILES string of the molecule is CCC(NC)C(=S)OCCN.Cl.Cl. The third-order valence-corrected chi connectivity index (χ3v) is 1.81. The van der Waals surface area contributed by atoms with Gasteiger partial charge in [0.05, 0.1) is 6.04 Å². The predicted octanol–water partition coefficient (Wildman–Crippen LogP) is 1.13. The lowest BCUT2D eigenvalue weighted by molar-refractivity contribution is 0.304. The molecular weight excluding hydrogens is 231 g/mol. The van der Waals surface area contributed by atoms with Crippen molar-refractivity contribution in [1.29, 1.82) is 0 Å². The van der Waals surface area contributed by atoms with Gasteiger partial charge in [-0.2, -0.15) is 0 Å². The number of ether oxygens (including phenoxy) is 1. The molecule has 0 amide bonds. The zero-order valence-electron chi connectivity index (χ0n) is 7.91. The average Bonchev–Trinajstić information content (AvgIpc) is 2.03. The largest absolute Gasteiger partial charge is 0.484 e. The fraction of sp³-hybridized carbons (Fsp3) is 0.857. The van der Waals surface area contributed by atoms with E-state index in [0.29, 0.717) is 18.2 Å². The molecule has 0 aliphatic rings. The van der Waals surface area contributed by atoms with Gasteiger partial charge in [-0.3, -0.25) is 0 Å². The maximum absolute atomic E-state index is 5.25. The van der Waals surface area contributed by atoms with Gasteiger partial charge in [-0.25, -0.2) is 0 Å². The van der Waals surface area contributed by atoms with Gasteiger partial charge in [-0.1, -0.05) is 6.92 Å². The van der Waals surface area contributed by atoms with Crippen LogP contribution in [0.25, 0.3) is 0 Å². The Labute approximate surface area is 97.6 Å². The smallest absolute Gasteiger partial charge is 0.176 e.